The van der Waals surface area contributed by atoms with Gasteiger partial charge in [-0.2, -0.15) is 23.1 Å². The molecule has 10 nitrogen and oxygen atoms in total. The SMILES string of the molecule is C#Cc1c(F)ccc2cccc(-c3nc4c5c(nc(OC[C@@]67CCCN6[C@H](COc6cc(C(F)(F)F)ncn6)CC7)nc5c3F)N3CCN[C@@H](CC=C)[C@H]3CC[C@H]4C)c12. The molecule has 4 aliphatic rings. The molecule has 0 spiro atoms. The van der Waals surface area contributed by atoms with Crippen LogP contribution in [0.2, 0.25) is 0 Å². The summed E-state index contributed by atoms with van der Waals surface area (Å²) in [5.41, 5.74) is -0.341. The molecule has 5 atom stereocenters. The summed E-state index contributed by atoms with van der Waals surface area (Å²) in [4.78, 5) is 26.7. The number of nitrogens with zero attached hydrogens (tertiary/aromatic N) is 7. The van der Waals surface area contributed by atoms with Crippen LogP contribution in [0.15, 0.2) is 55.4 Å². The van der Waals surface area contributed by atoms with E-state index in [1.807, 2.05) is 12.1 Å². The molecule has 5 aromatic rings. The van der Waals surface area contributed by atoms with E-state index in [0.717, 1.165) is 63.9 Å². The number of pyridine rings is 1. The van der Waals surface area contributed by atoms with Crippen molar-refractivity contribution in [3.63, 3.8) is 0 Å². The van der Waals surface area contributed by atoms with Gasteiger partial charge >= 0.3 is 12.2 Å². The van der Waals surface area contributed by atoms with Gasteiger partial charge in [-0.25, -0.2) is 23.7 Å². The first-order valence-electron chi connectivity index (χ1n) is 20.1. The lowest BCUT2D eigenvalue weighted by Crippen LogP contribution is -2.58. The number of nitrogens with one attached hydrogen (secondary N) is 1. The fraction of sp³-hybridized carbons (Fsp3) is 0.432. The highest BCUT2D eigenvalue weighted by Gasteiger charge is 2.50. The van der Waals surface area contributed by atoms with Crippen molar-refractivity contribution < 1.29 is 31.4 Å². The number of aromatic nitrogens is 5. The van der Waals surface area contributed by atoms with Crippen LogP contribution in [-0.2, 0) is 6.18 Å². The second-order valence-corrected chi connectivity index (χ2v) is 16.1. The van der Waals surface area contributed by atoms with Gasteiger partial charge in [0, 0.05) is 48.2 Å². The van der Waals surface area contributed by atoms with Crippen LogP contribution >= 0.6 is 0 Å². The molecule has 3 aromatic heterocycles. The second-order valence-electron chi connectivity index (χ2n) is 16.1. The van der Waals surface area contributed by atoms with E-state index >= 15 is 8.78 Å². The van der Waals surface area contributed by atoms with Crippen LogP contribution < -0.4 is 19.7 Å². The van der Waals surface area contributed by atoms with E-state index < -0.39 is 29.0 Å². The monoisotopic (exact) mass is 810 g/mol. The van der Waals surface area contributed by atoms with Crippen molar-refractivity contribution in [3.05, 3.63) is 84.0 Å². The molecule has 0 unspecified atom stereocenters. The number of fused-ring (bicyclic) bond motifs is 4. The summed E-state index contributed by atoms with van der Waals surface area (Å²) in [6, 6.07) is 9.10. The fourth-order valence-electron chi connectivity index (χ4n) is 9.89. The minimum Gasteiger partial charge on any atom is -0.476 e. The number of halogens is 5. The molecular formula is C44H43F5N8O2. The van der Waals surface area contributed by atoms with E-state index in [1.54, 1.807) is 18.2 Å². The van der Waals surface area contributed by atoms with Gasteiger partial charge in [0.15, 0.2) is 11.5 Å². The zero-order valence-corrected chi connectivity index (χ0v) is 32.5. The Balaban J connectivity index is 1.11. The smallest absolute Gasteiger partial charge is 0.433 e. The fourth-order valence-corrected chi connectivity index (χ4v) is 9.89. The molecule has 0 saturated carbocycles. The topological polar surface area (TPSA) is 101 Å². The second kappa shape index (κ2) is 15.3. The number of ether oxygens (including phenoxy) is 2. The number of hydrogen-bond acceptors (Lipinski definition) is 10. The number of terminal acetylenes is 1. The third-order valence-corrected chi connectivity index (χ3v) is 12.7. The first-order chi connectivity index (χ1) is 28.5. The molecule has 0 radical (unpaired) electrons. The number of rotatable bonds is 9. The zero-order chi connectivity index (χ0) is 41.1. The summed E-state index contributed by atoms with van der Waals surface area (Å²) in [6.45, 7) is 8.48. The summed E-state index contributed by atoms with van der Waals surface area (Å²) in [6.07, 6.45) is 9.50. The van der Waals surface area contributed by atoms with Crippen molar-refractivity contribution in [1.82, 2.24) is 35.1 Å². The number of hydrogen-bond donors (Lipinski definition) is 1. The van der Waals surface area contributed by atoms with Crippen LogP contribution in [0.25, 0.3) is 32.9 Å². The lowest BCUT2D eigenvalue weighted by Gasteiger charge is -2.44. The Morgan fingerprint density at radius 1 is 1.03 bits per heavy atom. The molecule has 0 amide bonds. The van der Waals surface area contributed by atoms with Gasteiger partial charge in [-0.3, -0.25) is 4.90 Å². The molecular weight excluding hydrogens is 768 g/mol. The number of anilines is 1. The largest absolute Gasteiger partial charge is 0.476 e. The average molecular weight is 811 g/mol. The molecule has 0 aliphatic carbocycles. The van der Waals surface area contributed by atoms with Crippen LogP contribution in [-0.4, -0.2) is 86.3 Å². The molecule has 15 heteroatoms. The van der Waals surface area contributed by atoms with Gasteiger partial charge in [0.25, 0.3) is 0 Å². The highest BCUT2D eigenvalue weighted by Crippen LogP contribution is 2.46. The van der Waals surface area contributed by atoms with E-state index in [1.165, 1.54) is 6.07 Å². The van der Waals surface area contributed by atoms with Crippen molar-refractivity contribution in [2.45, 2.75) is 87.6 Å². The van der Waals surface area contributed by atoms with Gasteiger partial charge in [0.2, 0.25) is 5.88 Å². The Bertz CT molecular complexity index is 2490. The highest BCUT2D eigenvalue weighted by atomic mass is 19.4. The number of piperazine rings is 1. The Kier molecular flexibility index (Phi) is 10.1. The minimum atomic E-state index is -4.61. The van der Waals surface area contributed by atoms with Crippen molar-refractivity contribution >= 4 is 27.5 Å². The van der Waals surface area contributed by atoms with Crippen molar-refractivity contribution in [2.75, 3.05) is 37.7 Å². The number of alkyl halides is 3. The summed E-state index contributed by atoms with van der Waals surface area (Å²) >= 11 is 0. The van der Waals surface area contributed by atoms with Gasteiger partial charge in [-0.1, -0.05) is 43.2 Å². The molecule has 0 bridgehead atoms. The van der Waals surface area contributed by atoms with Gasteiger partial charge in [0.05, 0.1) is 22.2 Å². The average Bonchev–Trinajstić information content (AvgIpc) is 3.80. The van der Waals surface area contributed by atoms with E-state index in [9.17, 15) is 13.2 Å². The molecule has 2 aromatic carbocycles. The molecule has 3 saturated heterocycles. The zero-order valence-electron chi connectivity index (χ0n) is 32.5. The third kappa shape index (κ3) is 6.89. The predicted molar refractivity (Wildman–Crippen MR) is 213 cm³/mol. The number of benzene rings is 2. The normalized spacial score (nSPS) is 24.3. The lowest BCUT2D eigenvalue weighted by atomic mass is 9.87. The van der Waals surface area contributed by atoms with Crippen LogP contribution in [0.4, 0.5) is 27.8 Å². The summed E-state index contributed by atoms with van der Waals surface area (Å²) in [5.74, 6) is 1.52. The van der Waals surface area contributed by atoms with Crippen LogP contribution in [0.3, 0.4) is 0 Å². The first-order valence-corrected chi connectivity index (χ1v) is 20.1. The van der Waals surface area contributed by atoms with Gasteiger partial charge in [-0.05, 0) is 68.9 Å². The van der Waals surface area contributed by atoms with Crippen LogP contribution in [0.5, 0.6) is 11.9 Å². The van der Waals surface area contributed by atoms with E-state index in [-0.39, 0.29) is 65.9 Å². The summed E-state index contributed by atoms with van der Waals surface area (Å²) in [5, 5.41) is 5.23. The predicted octanol–water partition coefficient (Wildman–Crippen LogP) is 7.99. The Labute approximate surface area is 338 Å². The molecule has 306 valence electrons. The maximum absolute atomic E-state index is 17.5. The molecule has 1 N–H and O–H groups in total. The molecule has 4 aliphatic heterocycles. The Hall–Kier alpha value is -5.46. The van der Waals surface area contributed by atoms with Gasteiger partial charge < -0.3 is 19.7 Å². The van der Waals surface area contributed by atoms with Crippen molar-refractivity contribution in [1.29, 1.82) is 0 Å². The van der Waals surface area contributed by atoms with Crippen LogP contribution in [0, 0.1) is 24.0 Å². The summed E-state index contributed by atoms with van der Waals surface area (Å²) in [7, 11) is 0. The van der Waals surface area contributed by atoms with Crippen LogP contribution in [0.1, 0.15) is 74.7 Å². The standard InChI is InChI=1S/C44H43F5N8O2/c1-4-8-31-32-14-11-25(3)38-36-40(37(46)39(53-38)29-10-6-9-26-12-13-30(45)28(5-2)35(26)29)54-42(55-41(36)56(32)20-18-50-31)59-23-43-16-7-19-57(43)27(15-17-43)22-58-34-21-33(44(47,48)49)51-24-52-34/h2,4,6,9-10,12-13,21,24-25,27,31-32,50H,1,7-8,11,14-20,22-23H2,3H3/t25-,27+,31+,32-,43+/m1/s1. The molecule has 3 fully saturated rings. The van der Waals surface area contributed by atoms with E-state index in [0.29, 0.717) is 46.3 Å². The van der Waals surface area contributed by atoms with Crippen molar-refractivity contribution in [3.8, 4) is 35.5 Å². The Morgan fingerprint density at radius 2 is 1.90 bits per heavy atom. The van der Waals surface area contributed by atoms with E-state index in [2.05, 4.69) is 44.5 Å². The Morgan fingerprint density at radius 3 is 2.71 bits per heavy atom. The van der Waals surface area contributed by atoms with E-state index in [4.69, 9.17) is 30.8 Å². The minimum absolute atomic E-state index is 0.0230. The molecule has 9 rings (SSSR count). The van der Waals surface area contributed by atoms with Gasteiger partial charge in [0.1, 0.15) is 42.4 Å². The molecule has 7 heterocycles. The maximum atomic E-state index is 17.5. The maximum Gasteiger partial charge on any atom is 0.433 e. The van der Waals surface area contributed by atoms with Crippen molar-refractivity contribution in [2.24, 2.45) is 0 Å². The first kappa shape index (κ1) is 39.0. The quantitative estimate of drug-likeness (QED) is 0.0896. The van der Waals surface area contributed by atoms with Gasteiger partial charge in [-0.15, -0.1) is 13.0 Å². The lowest BCUT2D eigenvalue weighted by molar-refractivity contribution is -0.141. The summed E-state index contributed by atoms with van der Waals surface area (Å²) < 4.78 is 85.0. The highest BCUT2D eigenvalue weighted by molar-refractivity contribution is 6.03. The third-order valence-electron chi connectivity index (χ3n) is 12.7. The molecule has 59 heavy (non-hydrogen) atoms.